The molecular weight excluding hydrogens is 360 g/mol. The van der Waals surface area contributed by atoms with Gasteiger partial charge in [-0.05, 0) is 84.0 Å². The number of nitrogens with zero attached hydrogens (tertiary/aromatic N) is 2. The van der Waals surface area contributed by atoms with Crippen LogP contribution in [0.4, 0.5) is 0 Å². The van der Waals surface area contributed by atoms with E-state index in [9.17, 15) is 10.2 Å². The molecule has 0 radical (unpaired) electrons. The van der Waals surface area contributed by atoms with Gasteiger partial charge in [-0.1, -0.05) is 36.8 Å². The molecule has 0 bridgehead atoms. The number of phenols is 2. The monoisotopic (exact) mass is 382 g/mol. The molecule has 4 nitrogen and oxygen atoms in total. The molecule has 2 N–H and O–H groups in total. The molecule has 1 saturated carbocycles. The van der Waals surface area contributed by atoms with Gasteiger partial charge in [-0.25, -0.2) is 0 Å². The number of hydrogen-bond donors (Lipinski definition) is 2. The van der Waals surface area contributed by atoms with E-state index in [1.165, 1.54) is 12.0 Å². The Morgan fingerprint density at radius 2 is 1.14 bits per heavy atom. The highest BCUT2D eigenvalue weighted by atomic mass is 16.3. The number of phenolic OH excluding ortho intramolecular Hbond substituents is 2. The summed E-state index contributed by atoms with van der Waals surface area (Å²) in [7, 11) is 0. The summed E-state index contributed by atoms with van der Waals surface area (Å²) in [6, 6.07) is 25.0. The topological polar surface area (TPSA) is 65.2 Å². The Morgan fingerprint density at radius 3 is 1.55 bits per heavy atom. The predicted molar refractivity (Wildman–Crippen MR) is 115 cm³/mol. The number of rotatable bonds is 4. The van der Waals surface area contributed by atoms with Crippen molar-refractivity contribution in [3.8, 4) is 11.5 Å². The van der Waals surface area contributed by atoms with E-state index in [2.05, 4.69) is 24.3 Å². The highest BCUT2D eigenvalue weighted by Crippen LogP contribution is 2.50. The van der Waals surface area contributed by atoms with Crippen molar-refractivity contribution in [3.05, 3.63) is 95.6 Å². The molecule has 1 aliphatic heterocycles. The first-order valence-electron chi connectivity index (χ1n) is 10.0. The van der Waals surface area contributed by atoms with Crippen LogP contribution < -0.4 is 0 Å². The predicted octanol–water partition coefficient (Wildman–Crippen LogP) is 5.04. The third-order valence-corrected chi connectivity index (χ3v) is 6.23. The summed E-state index contributed by atoms with van der Waals surface area (Å²) >= 11 is 0. The van der Waals surface area contributed by atoms with Crippen LogP contribution in [0, 0.1) is 5.92 Å². The van der Waals surface area contributed by atoms with Gasteiger partial charge in [0.1, 0.15) is 11.5 Å². The average Bonchev–Trinajstić information content (AvgIpc) is 3.09. The first-order valence-corrected chi connectivity index (χ1v) is 10.0. The normalized spacial score (nSPS) is 18.1. The van der Waals surface area contributed by atoms with Crippen molar-refractivity contribution in [1.29, 1.82) is 0 Å². The Balaban J connectivity index is 1.74. The fourth-order valence-corrected chi connectivity index (χ4v) is 4.62. The number of aromatic hydroxyl groups is 2. The maximum Gasteiger partial charge on any atom is 0.115 e. The molecule has 0 aromatic heterocycles. The SMILES string of the molecule is Oc1ccc(C2=NN=C(c3ccc(O)cc3)C2(c2ccccc2)C2CCC2)cc1. The van der Waals surface area contributed by atoms with Gasteiger partial charge in [-0.3, -0.25) is 0 Å². The summed E-state index contributed by atoms with van der Waals surface area (Å²) in [5, 5.41) is 29.0. The molecule has 1 fully saturated rings. The molecule has 29 heavy (non-hydrogen) atoms. The van der Waals surface area contributed by atoms with Crippen LogP contribution >= 0.6 is 0 Å². The Bertz CT molecular complexity index is 1020. The minimum Gasteiger partial charge on any atom is -0.508 e. The zero-order valence-electron chi connectivity index (χ0n) is 16.0. The number of hydrogen-bond acceptors (Lipinski definition) is 4. The molecular formula is C25H22N2O2. The maximum absolute atomic E-state index is 9.78. The lowest BCUT2D eigenvalue weighted by atomic mass is 9.56. The van der Waals surface area contributed by atoms with Gasteiger partial charge in [0.05, 0.1) is 16.8 Å². The summed E-state index contributed by atoms with van der Waals surface area (Å²) < 4.78 is 0. The molecule has 4 heteroatoms. The lowest BCUT2D eigenvalue weighted by molar-refractivity contribution is 0.267. The fraction of sp³-hybridized carbons (Fsp3) is 0.200. The molecule has 0 amide bonds. The second kappa shape index (κ2) is 6.89. The van der Waals surface area contributed by atoms with Crippen LogP contribution in [0.25, 0.3) is 0 Å². The molecule has 0 spiro atoms. The fourth-order valence-electron chi connectivity index (χ4n) is 4.62. The minimum absolute atomic E-state index is 0.237. The highest BCUT2D eigenvalue weighted by molar-refractivity contribution is 6.30. The first-order chi connectivity index (χ1) is 14.2. The van der Waals surface area contributed by atoms with E-state index in [1.807, 2.05) is 30.3 Å². The Labute approximate surface area is 169 Å². The van der Waals surface area contributed by atoms with E-state index in [-0.39, 0.29) is 11.5 Å². The van der Waals surface area contributed by atoms with Crippen LogP contribution in [0.2, 0.25) is 0 Å². The second-order valence-electron chi connectivity index (χ2n) is 7.79. The molecule has 5 rings (SSSR count). The van der Waals surface area contributed by atoms with Gasteiger partial charge < -0.3 is 10.2 Å². The summed E-state index contributed by atoms with van der Waals surface area (Å²) in [5.74, 6) is 0.870. The molecule has 2 aliphatic rings. The first kappa shape index (κ1) is 17.7. The standard InChI is InChI=1S/C25H22N2O2/c28-21-13-9-17(10-14-21)23-25(20-7-4-8-20,19-5-2-1-3-6-19)24(27-26-23)18-11-15-22(29)16-12-18/h1-3,5-6,9-16,20,28-29H,4,7-8H2. The summed E-state index contributed by atoms with van der Waals surface area (Å²) in [6.07, 6.45) is 3.43. The Kier molecular flexibility index (Phi) is 4.20. The quantitative estimate of drug-likeness (QED) is 0.664. The van der Waals surface area contributed by atoms with E-state index in [1.54, 1.807) is 24.3 Å². The van der Waals surface area contributed by atoms with Crippen molar-refractivity contribution < 1.29 is 10.2 Å². The smallest absolute Gasteiger partial charge is 0.115 e. The van der Waals surface area contributed by atoms with Crippen molar-refractivity contribution >= 4 is 11.4 Å². The van der Waals surface area contributed by atoms with E-state index < -0.39 is 5.41 Å². The third kappa shape index (κ3) is 2.75. The second-order valence-corrected chi connectivity index (χ2v) is 7.79. The van der Waals surface area contributed by atoms with Gasteiger partial charge in [0.2, 0.25) is 0 Å². The summed E-state index contributed by atoms with van der Waals surface area (Å²) in [6.45, 7) is 0. The molecule has 1 aliphatic carbocycles. The molecule has 3 aromatic rings. The van der Waals surface area contributed by atoms with Gasteiger partial charge >= 0.3 is 0 Å². The molecule has 144 valence electrons. The summed E-state index contributed by atoms with van der Waals surface area (Å²) in [4.78, 5) is 0. The Morgan fingerprint density at radius 1 is 0.655 bits per heavy atom. The average molecular weight is 382 g/mol. The molecule has 1 heterocycles. The van der Waals surface area contributed by atoms with E-state index >= 15 is 0 Å². The largest absolute Gasteiger partial charge is 0.508 e. The van der Waals surface area contributed by atoms with E-state index in [4.69, 9.17) is 10.2 Å². The van der Waals surface area contributed by atoms with Crippen LogP contribution in [0.5, 0.6) is 11.5 Å². The molecule has 0 unspecified atom stereocenters. The third-order valence-electron chi connectivity index (χ3n) is 6.23. The van der Waals surface area contributed by atoms with Crippen LogP contribution in [0.15, 0.2) is 89.1 Å². The van der Waals surface area contributed by atoms with Crippen LogP contribution in [-0.2, 0) is 5.41 Å². The van der Waals surface area contributed by atoms with Crippen LogP contribution in [0.3, 0.4) is 0 Å². The molecule has 0 atom stereocenters. The van der Waals surface area contributed by atoms with Gasteiger partial charge in [0.25, 0.3) is 0 Å². The maximum atomic E-state index is 9.78. The van der Waals surface area contributed by atoms with Crippen molar-refractivity contribution in [2.75, 3.05) is 0 Å². The van der Waals surface area contributed by atoms with Gasteiger partial charge in [-0.2, -0.15) is 10.2 Å². The van der Waals surface area contributed by atoms with Crippen molar-refractivity contribution in [1.82, 2.24) is 0 Å². The Hall–Kier alpha value is -3.40. The van der Waals surface area contributed by atoms with E-state index in [0.29, 0.717) is 5.92 Å². The summed E-state index contributed by atoms with van der Waals surface area (Å²) in [5.41, 5.74) is 4.52. The number of benzene rings is 3. The van der Waals surface area contributed by atoms with Crippen LogP contribution in [0.1, 0.15) is 36.0 Å². The van der Waals surface area contributed by atoms with Crippen molar-refractivity contribution in [2.45, 2.75) is 24.7 Å². The molecule has 3 aromatic carbocycles. The minimum atomic E-state index is -0.451. The lowest BCUT2D eigenvalue weighted by Crippen LogP contribution is -2.51. The van der Waals surface area contributed by atoms with Gasteiger partial charge in [-0.15, -0.1) is 0 Å². The lowest BCUT2D eigenvalue weighted by Gasteiger charge is -2.45. The van der Waals surface area contributed by atoms with Gasteiger partial charge in [0.15, 0.2) is 0 Å². The van der Waals surface area contributed by atoms with Crippen molar-refractivity contribution in [2.24, 2.45) is 16.1 Å². The zero-order chi connectivity index (χ0) is 19.8. The van der Waals surface area contributed by atoms with Gasteiger partial charge in [0, 0.05) is 0 Å². The highest BCUT2D eigenvalue weighted by Gasteiger charge is 2.54. The molecule has 0 saturated heterocycles. The zero-order valence-corrected chi connectivity index (χ0v) is 16.0. The van der Waals surface area contributed by atoms with E-state index in [0.717, 1.165) is 35.4 Å². The van der Waals surface area contributed by atoms with Crippen molar-refractivity contribution in [3.63, 3.8) is 0 Å². The van der Waals surface area contributed by atoms with Crippen LogP contribution in [-0.4, -0.2) is 21.6 Å².